The van der Waals surface area contributed by atoms with Crippen LogP contribution in [0.25, 0.3) is 0 Å². The van der Waals surface area contributed by atoms with Crippen molar-refractivity contribution in [2.24, 2.45) is 5.92 Å². The number of hydrogen-bond acceptors (Lipinski definition) is 2. The highest BCUT2D eigenvalue weighted by molar-refractivity contribution is 5.66. The predicted octanol–water partition coefficient (Wildman–Crippen LogP) is 3.66. The summed E-state index contributed by atoms with van der Waals surface area (Å²) in [6.45, 7) is 0.238. The lowest BCUT2D eigenvalue weighted by atomic mass is 9.85. The zero-order chi connectivity index (χ0) is 13.5. The van der Waals surface area contributed by atoms with Gasteiger partial charge in [0.25, 0.3) is 0 Å². The minimum Gasteiger partial charge on any atom is -0.493 e. The summed E-state index contributed by atoms with van der Waals surface area (Å²) in [5, 5.41) is 8.58. The molecule has 0 atom stereocenters. The Labute approximate surface area is 114 Å². The number of rotatable bonds is 6. The van der Waals surface area contributed by atoms with Gasteiger partial charge in [-0.3, -0.25) is 4.79 Å². The van der Waals surface area contributed by atoms with Crippen LogP contribution in [-0.2, 0) is 11.2 Å². The first kappa shape index (κ1) is 13.9. The molecular formula is C16H22O3. The number of aliphatic carboxylic acids is 1. The third-order valence-corrected chi connectivity index (χ3v) is 3.73. The fourth-order valence-electron chi connectivity index (χ4n) is 2.74. The molecular weight excluding hydrogens is 240 g/mol. The molecule has 1 N–H and O–H groups in total. The Kier molecular flexibility index (Phi) is 5.25. The van der Waals surface area contributed by atoms with Gasteiger partial charge in [-0.25, -0.2) is 0 Å². The van der Waals surface area contributed by atoms with Gasteiger partial charge in [0.15, 0.2) is 0 Å². The first-order chi connectivity index (χ1) is 9.24. The molecule has 0 heterocycles. The van der Waals surface area contributed by atoms with Gasteiger partial charge in [-0.05, 0) is 30.0 Å². The molecule has 0 unspecified atom stereocenters. The van der Waals surface area contributed by atoms with Crippen molar-refractivity contribution in [1.82, 2.24) is 0 Å². The van der Waals surface area contributed by atoms with Crippen molar-refractivity contribution >= 4 is 5.97 Å². The van der Waals surface area contributed by atoms with Crippen molar-refractivity contribution in [3.8, 4) is 5.75 Å². The van der Waals surface area contributed by atoms with Crippen molar-refractivity contribution in [1.29, 1.82) is 0 Å². The van der Waals surface area contributed by atoms with E-state index in [-0.39, 0.29) is 13.0 Å². The number of hydrogen-bond donors (Lipinski definition) is 1. The topological polar surface area (TPSA) is 46.5 Å². The van der Waals surface area contributed by atoms with E-state index in [1.807, 2.05) is 12.1 Å². The van der Waals surface area contributed by atoms with E-state index in [1.54, 1.807) is 0 Å². The first-order valence-electron chi connectivity index (χ1n) is 7.17. The highest BCUT2D eigenvalue weighted by Crippen LogP contribution is 2.27. The van der Waals surface area contributed by atoms with E-state index in [0.29, 0.717) is 0 Å². The number of benzene rings is 1. The highest BCUT2D eigenvalue weighted by atomic mass is 16.5. The van der Waals surface area contributed by atoms with Gasteiger partial charge in [0.2, 0.25) is 0 Å². The second kappa shape index (κ2) is 7.17. The van der Waals surface area contributed by atoms with E-state index in [2.05, 4.69) is 12.1 Å². The Morgan fingerprint density at radius 3 is 2.79 bits per heavy atom. The molecule has 1 aromatic carbocycles. The number of ether oxygens (including phenoxy) is 1. The zero-order valence-electron chi connectivity index (χ0n) is 11.3. The second-order valence-corrected chi connectivity index (χ2v) is 5.35. The monoisotopic (exact) mass is 262 g/mol. The molecule has 0 aliphatic heterocycles. The number of carboxylic acid groups (broad SMARTS) is 1. The van der Waals surface area contributed by atoms with Crippen LogP contribution in [0.3, 0.4) is 0 Å². The van der Waals surface area contributed by atoms with Gasteiger partial charge in [0.1, 0.15) is 5.75 Å². The Hall–Kier alpha value is -1.51. The normalized spacial score (nSPS) is 16.2. The molecule has 2 rings (SSSR count). The van der Waals surface area contributed by atoms with Crippen molar-refractivity contribution in [2.75, 3.05) is 6.61 Å². The average molecular weight is 262 g/mol. The van der Waals surface area contributed by atoms with E-state index in [0.717, 1.165) is 18.1 Å². The van der Waals surface area contributed by atoms with Crippen LogP contribution < -0.4 is 4.74 Å². The molecule has 0 radical (unpaired) electrons. The smallest absolute Gasteiger partial charge is 0.306 e. The number of carboxylic acids is 1. The van der Waals surface area contributed by atoms with Crippen LogP contribution in [0, 0.1) is 5.92 Å². The molecule has 0 spiro atoms. The van der Waals surface area contributed by atoms with Gasteiger partial charge in [0.05, 0.1) is 13.0 Å². The van der Waals surface area contributed by atoms with Crippen LogP contribution in [0.1, 0.15) is 44.1 Å². The van der Waals surface area contributed by atoms with Crippen LogP contribution >= 0.6 is 0 Å². The molecule has 3 heteroatoms. The summed E-state index contributed by atoms with van der Waals surface area (Å²) in [5.41, 5.74) is 1.31. The van der Waals surface area contributed by atoms with E-state index >= 15 is 0 Å². The minimum atomic E-state index is -0.821. The third-order valence-electron chi connectivity index (χ3n) is 3.73. The fraction of sp³-hybridized carbons (Fsp3) is 0.562. The van der Waals surface area contributed by atoms with Gasteiger partial charge >= 0.3 is 5.97 Å². The van der Waals surface area contributed by atoms with Gasteiger partial charge in [-0.2, -0.15) is 0 Å². The molecule has 1 aliphatic carbocycles. The van der Waals surface area contributed by atoms with E-state index in [4.69, 9.17) is 9.84 Å². The molecule has 3 nitrogen and oxygen atoms in total. The van der Waals surface area contributed by atoms with Crippen LogP contribution in [0.15, 0.2) is 24.3 Å². The van der Waals surface area contributed by atoms with Crippen molar-refractivity contribution in [3.63, 3.8) is 0 Å². The van der Waals surface area contributed by atoms with Gasteiger partial charge in [0, 0.05) is 0 Å². The van der Waals surface area contributed by atoms with Crippen molar-refractivity contribution < 1.29 is 14.6 Å². The summed E-state index contributed by atoms with van der Waals surface area (Å²) in [7, 11) is 0. The molecule has 1 aliphatic rings. The molecule has 1 aromatic rings. The SMILES string of the molecule is O=C(O)CCOc1cccc(CC2CCCCC2)c1. The molecule has 1 fully saturated rings. The molecule has 0 bridgehead atoms. The summed E-state index contributed by atoms with van der Waals surface area (Å²) in [5.74, 6) is 0.774. The maximum absolute atomic E-state index is 10.4. The summed E-state index contributed by atoms with van der Waals surface area (Å²) in [6.07, 6.45) is 7.95. The van der Waals surface area contributed by atoms with Gasteiger partial charge in [-0.15, -0.1) is 0 Å². The Balaban J connectivity index is 1.85. The maximum atomic E-state index is 10.4. The van der Waals surface area contributed by atoms with Gasteiger partial charge in [-0.1, -0.05) is 44.2 Å². The van der Waals surface area contributed by atoms with Crippen molar-refractivity contribution in [2.45, 2.75) is 44.9 Å². The summed E-state index contributed by atoms with van der Waals surface area (Å²) >= 11 is 0. The molecule has 0 aromatic heterocycles. The Morgan fingerprint density at radius 2 is 2.05 bits per heavy atom. The van der Waals surface area contributed by atoms with Gasteiger partial charge < -0.3 is 9.84 Å². The van der Waals surface area contributed by atoms with Crippen LogP contribution in [-0.4, -0.2) is 17.7 Å². The van der Waals surface area contributed by atoms with E-state index < -0.39 is 5.97 Å². The zero-order valence-corrected chi connectivity index (χ0v) is 11.3. The lowest BCUT2D eigenvalue weighted by molar-refractivity contribution is -0.137. The van der Waals surface area contributed by atoms with Crippen LogP contribution in [0.4, 0.5) is 0 Å². The average Bonchev–Trinajstić information content (AvgIpc) is 2.40. The lowest BCUT2D eigenvalue weighted by Crippen LogP contribution is -2.09. The Morgan fingerprint density at radius 1 is 1.26 bits per heavy atom. The predicted molar refractivity (Wildman–Crippen MR) is 74.5 cm³/mol. The Bertz CT molecular complexity index is 408. The largest absolute Gasteiger partial charge is 0.493 e. The van der Waals surface area contributed by atoms with E-state index in [9.17, 15) is 4.79 Å². The van der Waals surface area contributed by atoms with Crippen LogP contribution in [0.2, 0.25) is 0 Å². The van der Waals surface area contributed by atoms with E-state index in [1.165, 1.54) is 37.7 Å². The summed E-state index contributed by atoms with van der Waals surface area (Å²) < 4.78 is 5.47. The molecule has 1 saturated carbocycles. The standard InChI is InChI=1S/C16H22O3/c17-16(18)9-10-19-15-8-4-7-14(12-15)11-13-5-2-1-3-6-13/h4,7-8,12-13H,1-3,5-6,9-11H2,(H,17,18). The third kappa shape index (κ3) is 4.93. The first-order valence-corrected chi connectivity index (χ1v) is 7.17. The quantitative estimate of drug-likeness (QED) is 0.851. The summed E-state index contributed by atoms with van der Waals surface area (Å²) in [4.78, 5) is 10.4. The molecule has 19 heavy (non-hydrogen) atoms. The second-order valence-electron chi connectivity index (χ2n) is 5.35. The molecule has 0 amide bonds. The fourth-order valence-corrected chi connectivity index (χ4v) is 2.74. The molecule has 0 saturated heterocycles. The maximum Gasteiger partial charge on any atom is 0.306 e. The molecule has 104 valence electrons. The summed E-state index contributed by atoms with van der Waals surface area (Å²) in [6, 6.07) is 8.08. The van der Waals surface area contributed by atoms with Crippen LogP contribution in [0.5, 0.6) is 5.75 Å². The number of carbonyl (C=O) groups is 1. The minimum absolute atomic E-state index is 0.0485. The van der Waals surface area contributed by atoms with Crippen molar-refractivity contribution in [3.05, 3.63) is 29.8 Å². The highest BCUT2D eigenvalue weighted by Gasteiger charge is 2.14. The lowest BCUT2D eigenvalue weighted by Gasteiger charge is -2.21.